The second kappa shape index (κ2) is 10.2. The topological polar surface area (TPSA) is 96.2 Å². The molecule has 0 unspecified atom stereocenters. The van der Waals surface area contributed by atoms with Gasteiger partial charge in [-0.15, -0.1) is 10.2 Å². The van der Waals surface area contributed by atoms with E-state index < -0.39 is 0 Å². The summed E-state index contributed by atoms with van der Waals surface area (Å²) in [5.74, 6) is 1.69. The third-order valence-corrected chi connectivity index (χ3v) is 3.86. The zero-order valence-electron chi connectivity index (χ0n) is 15.6. The molecule has 0 fully saturated rings. The van der Waals surface area contributed by atoms with Crippen molar-refractivity contribution in [2.75, 3.05) is 25.5 Å². The van der Waals surface area contributed by atoms with Gasteiger partial charge in [0.1, 0.15) is 12.2 Å². The molecule has 0 spiro atoms. The number of hydrogen-bond donors (Lipinski definition) is 3. The van der Waals surface area contributed by atoms with E-state index in [1.54, 1.807) is 13.4 Å². The molecule has 2 aromatic rings. The summed E-state index contributed by atoms with van der Waals surface area (Å²) in [6, 6.07) is 7.85. The van der Waals surface area contributed by atoms with Crippen LogP contribution in [0.15, 0.2) is 35.6 Å². The molecule has 1 aromatic heterocycles. The molecule has 1 aromatic carbocycles. The molecule has 140 valence electrons. The molecule has 1 heterocycles. The molecule has 0 aliphatic carbocycles. The predicted octanol–water partition coefficient (Wildman–Crippen LogP) is 1.21. The highest BCUT2D eigenvalue weighted by Gasteiger charge is 2.02. The number of aryl methyl sites for hydroxylation is 1. The third-order valence-electron chi connectivity index (χ3n) is 3.86. The number of nitrogens with one attached hydrogen (secondary N) is 3. The summed E-state index contributed by atoms with van der Waals surface area (Å²) >= 11 is 0. The van der Waals surface area contributed by atoms with Crippen LogP contribution in [0.2, 0.25) is 0 Å². The summed E-state index contributed by atoms with van der Waals surface area (Å²) in [6.07, 6.45) is 3.49. The molecule has 26 heavy (non-hydrogen) atoms. The van der Waals surface area contributed by atoms with Crippen LogP contribution in [0.5, 0.6) is 0 Å². The zero-order chi connectivity index (χ0) is 18.8. The van der Waals surface area contributed by atoms with Crippen molar-refractivity contribution >= 4 is 17.6 Å². The Labute approximate surface area is 154 Å². The summed E-state index contributed by atoms with van der Waals surface area (Å²) in [6.45, 7) is 5.88. The lowest BCUT2D eigenvalue weighted by Gasteiger charge is -2.13. The molecular formula is C18H27N7O. The van der Waals surface area contributed by atoms with Crippen LogP contribution in [0.4, 0.5) is 5.69 Å². The average molecular weight is 357 g/mol. The van der Waals surface area contributed by atoms with Crippen molar-refractivity contribution in [1.29, 1.82) is 0 Å². The maximum Gasteiger partial charge on any atom is 0.221 e. The molecule has 3 N–H and O–H groups in total. The van der Waals surface area contributed by atoms with E-state index in [2.05, 4.69) is 38.1 Å². The van der Waals surface area contributed by atoms with E-state index in [1.807, 2.05) is 28.8 Å². The fourth-order valence-electron chi connectivity index (χ4n) is 2.54. The molecule has 0 saturated carbocycles. The Bertz CT molecular complexity index is 721. The summed E-state index contributed by atoms with van der Waals surface area (Å²) < 4.78 is 2.04. The van der Waals surface area contributed by atoms with Crippen molar-refractivity contribution < 1.29 is 4.79 Å². The minimum atomic E-state index is -0.0631. The first kappa shape index (κ1) is 19.4. The smallest absolute Gasteiger partial charge is 0.221 e. The van der Waals surface area contributed by atoms with Gasteiger partial charge in [-0.25, -0.2) is 0 Å². The second-order valence-electron chi connectivity index (χ2n) is 5.85. The second-order valence-corrected chi connectivity index (χ2v) is 5.85. The van der Waals surface area contributed by atoms with Crippen LogP contribution < -0.4 is 16.0 Å². The largest absolute Gasteiger partial charge is 0.356 e. The van der Waals surface area contributed by atoms with Gasteiger partial charge in [0.25, 0.3) is 0 Å². The van der Waals surface area contributed by atoms with Crippen molar-refractivity contribution in [3.63, 3.8) is 0 Å². The molecule has 8 nitrogen and oxygen atoms in total. The molecule has 2 rings (SSSR count). The number of guanidine groups is 1. The van der Waals surface area contributed by atoms with E-state index in [-0.39, 0.29) is 5.91 Å². The fourth-order valence-corrected chi connectivity index (χ4v) is 2.54. The molecule has 1 amide bonds. The molecule has 0 aliphatic heterocycles. The number of anilines is 1. The summed E-state index contributed by atoms with van der Waals surface area (Å²) in [5, 5.41) is 17.4. The van der Waals surface area contributed by atoms with Crippen molar-refractivity contribution in [1.82, 2.24) is 25.4 Å². The lowest BCUT2D eigenvalue weighted by atomic mass is 10.1. The van der Waals surface area contributed by atoms with Crippen molar-refractivity contribution in [3.8, 4) is 0 Å². The van der Waals surface area contributed by atoms with E-state index in [0.29, 0.717) is 0 Å². The summed E-state index contributed by atoms with van der Waals surface area (Å²) in [4.78, 5) is 15.3. The van der Waals surface area contributed by atoms with Gasteiger partial charge in [-0.1, -0.05) is 19.1 Å². The normalized spacial score (nSPS) is 11.3. The number of carbonyl (C=O) groups excluding carboxylic acids is 1. The van der Waals surface area contributed by atoms with E-state index in [0.717, 1.165) is 49.9 Å². The minimum absolute atomic E-state index is 0.0631. The van der Waals surface area contributed by atoms with Crippen molar-refractivity contribution in [2.24, 2.45) is 4.99 Å². The fraction of sp³-hybridized carbons (Fsp3) is 0.444. The number of aromatic nitrogens is 3. The highest BCUT2D eigenvalue weighted by atomic mass is 16.1. The molecule has 0 bridgehead atoms. The van der Waals surface area contributed by atoms with E-state index in [1.165, 1.54) is 12.5 Å². The number of carbonyl (C=O) groups is 1. The number of aliphatic imine (C=N–C) groups is 1. The van der Waals surface area contributed by atoms with Crippen LogP contribution in [-0.2, 0) is 24.2 Å². The van der Waals surface area contributed by atoms with Crippen LogP contribution in [0, 0.1) is 0 Å². The standard InChI is InChI=1S/C18H27N7O/c1-4-17-24-22-13-25(17)12-11-21-18(19-3)20-10-9-15-5-7-16(8-6-15)23-14(2)26/h5-8,13H,4,9-12H2,1-3H3,(H,23,26)(H2,19,20,21). The monoisotopic (exact) mass is 357 g/mol. The highest BCUT2D eigenvalue weighted by Crippen LogP contribution is 2.09. The van der Waals surface area contributed by atoms with Crippen LogP contribution in [0.1, 0.15) is 25.2 Å². The van der Waals surface area contributed by atoms with Crippen LogP contribution in [0.3, 0.4) is 0 Å². The maximum atomic E-state index is 11.0. The SMILES string of the molecule is CCc1nncn1CCNC(=NC)NCCc1ccc(NC(C)=O)cc1. The lowest BCUT2D eigenvalue weighted by molar-refractivity contribution is -0.114. The van der Waals surface area contributed by atoms with Crippen molar-refractivity contribution in [3.05, 3.63) is 42.0 Å². The van der Waals surface area contributed by atoms with Crippen molar-refractivity contribution in [2.45, 2.75) is 33.2 Å². The Hall–Kier alpha value is -2.90. The van der Waals surface area contributed by atoms with Crippen LogP contribution in [0.25, 0.3) is 0 Å². The molecule has 0 atom stereocenters. The maximum absolute atomic E-state index is 11.0. The van der Waals surface area contributed by atoms with Crippen LogP contribution >= 0.6 is 0 Å². The molecule has 0 radical (unpaired) electrons. The zero-order valence-corrected chi connectivity index (χ0v) is 15.6. The average Bonchev–Trinajstić information content (AvgIpc) is 3.09. The van der Waals surface area contributed by atoms with Gasteiger partial charge < -0.3 is 20.5 Å². The van der Waals surface area contributed by atoms with Gasteiger partial charge in [0.05, 0.1) is 0 Å². The van der Waals surface area contributed by atoms with Gasteiger partial charge in [0.2, 0.25) is 5.91 Å². The first-order valence-corrected chi connectivity index (χ1v) is 8.80. The molecule has 8 heteroatoms. The quantitative estimate of drug-likeness (QED) is 0.487. The Morgan fingerprint density at radius 3 is 2.58 bits per heavy atom. The summed E-state index contributed by atoms with van der Waals surface area (Å²) in [5.41, 5.74) is 2.01. The van der Waals surface area contributed by atoms with Gasteiger partial charge in [0.15, 0.2) is 5.96 Å². The first-order valence-electron chi connectivity index (χ1n) is 8.80. The highest BCUT2D eigenvalue weighted by molar-refractivity contribution is 5.88. The number of amides is 1. The van der Waals surface area contributed by atoms with Gasteiger partial charge in [-0.2, -0.15) is 0 Å². The number of hydrogen-bond acceptors (Lipinski definition) is 4. The number of benzene rings is 1. The number of nitrogens with zero attached hydrogens (tertiary/aromatic N) is 4. The predicted molar refractivity (Wildman–Crippen MR) is 103 cm³/mol. The minimum Gasteiger partial charge on any atom is -0.356 e. The lowest BCUT2D eigenvalue weighted by Crippen LogP contribution is -2.39. The third kappa shape index (κ3) is 6.19. The molecule has 0 aliphatic rings. The van der Waals surface area contributed by atoms with Crippen LogP contribution in [-0.4, -0.2) is 46.8 Å². The molecule has 0 saturated heterocycles. The van der Waals surface area contributed by atoms with E-state index >= 15 is 0 Å². The Morgan fingerprint density at radius 2 is 1.92 bits per heavy atom. The van der Waals surface area contributed by atoms with Gasteiger partial charge in [-0.05, 0) is 24.1 Å². The Morgan fingerprint density at radius 1 is 1.19 bits per heavy atom. The Balaban J connectivity index is 1.70. The van der Waals surface area contributed by atoms with E-state index in [9.17, 15) is 4.79 Å². The van der Waals surface area contributed by atoms with E-state index in [4.69, 9.17) is 0 Å². The Kier molecular flexibility index (Phi) is 7.60. The molecular weight excluding hydrogens is 330 g/mol. The number of rotatable bonds is 8. The van der Waals surface area contributed by atoms with Gasteiger partial charge >= 0.3 is 0 Å². The first-order chi connectivity index (χ1) is 12.6. The van der Waals surface area contributed by atoms with Gasteiger partial charge in [0, 0.05) is 45.7 Å². The van der Waals surface area contributed by atoms with Gasteiger partial charge in [-0.3, -0.25) is 9.79 Å². The summed E-state index contributed by atoms with van der Waals surface area (Å²) in [7, 11) is 1.76.